The molecule has 2 rings (SSSR count). The molecule has 1 N–H and O–H groups in total. The van der Waals surface area contributed by atoms with Crippen molar-refractivity contribution in [1.82, 2.24) is 5.43 Å². The van der Waals surface area contributed by atoms with Gasteiger partial charge in [0.25, 0.3) is 0 Å². The first-order valence-electron chi connectivity index (χ1n) is 6.96. The number of rotatable bonds is 6. The summed E-state index contributed by atoms with van der Waals surface area (Å²) in [6.45, 7) is 2.06. The zero-order valence-electron chi connectivity index (χ0n) is 12.6. The molecule has 0 saturated carbocycles. The predicted octanol–water partition coefficient (Wildman–Crippen LogP) is 4.69. The van der Waals surface area contributed by atoms with Crippen LogP contribution in [0, 0.1) is 6.92 Å². The van der Waals surface area contributed by atoms with Crippen LogP contribution in [-0.4, -0.2) is 17.9 Å². The Kier molecular flexibility index (Phi) is 6.96. The largest absolute Gasteiger partial charge is 0.272 e. The van der Waals surface area contributed by atoms with Crippen molar-refractivity contribution >= 4 is 47.1 Å². The molecule has 2 aromatic carbocycles. The monoisotopic (exact) mass is 366 g/mol. The van der Waals surface area contributed by atoms with Gasteiger partial charge in [-0.05, 0) is 30.2 Å². The highest BCUT2D eigenvalue weighted by Crippen LogP contribution is 2.22. The number of benzene rings is 2. The zero-order chi connectivity index (χ0) is 16.7. The van der Waals surface area contributed by atoms with E-state index in [4.69, 9.17) is 23.2 Å². The Bertz CT molecular complexity index is 699. The normalized spacial score (nSPS) is 10.9. The molecule has 0 bridgehead atoms. The molecular formula is C17H16Cl2N2OS. The van der Waals surface area contributed by atoms with Gasteiger partial charge in [0.2, 0.25) is 5.91 Å². The second-order valence-corrected chi connectivity index (χ2v) is 6.65. The lowest BCUT2D eigenvalue weighted by Crippen LogP contribution is -2.19. The molecule has 0 spiro atoms. The van der Waals surface area contributed by atoms with Gasteiger partial charge in [0, 0.05) is 11.3 Å². The van der Waals surface area contributed by atoms with Crippen molar-refractivity contribution in [2.75, 3.05) is 5.75 Å². The molecule has 120 valence electrons. The van der Waals surface area contributed by atoms with Crippen LogP contribution in [0.15, 0.2) is 47.6 Å². The Balaban J connectivity index is 1.79. The van der Waals surface area contributed by atoms with E-state index in [0.29, 0.717) is 21.4 Å². The number of thioether (sulfide) groups is 1. The maximum atomic E-state index is 11.8. The highest BCUT2D eigenvalue weighted by Gasteiger charge is 2.04. The number of hydrogen-bond donors (Lipinski definition) is 1. The molecule has 0 unspecified atom stereocenters. The molecule has 0 aliphatic heterocycles. The summed E-state index contributed by atoms with van der Waals surface area (Å²) in [5.41, 5.74) is 5.53. The summed E-state index contributed by atoms with van der Waals surface area (Å²) in [7, 11) is 0. The smallest absolute Gasteiger partial charge is 0.250 e. The van der Waals surface area contributed by atoms with Crippen molar-refractivity contribution < 1.29 is 4.79 Å². The molecule has 0 saturated heterocycles. The third kappa shape index (κ3) is 5.57. The lowest BCUT2D eigenvalue weighted by molar-refractivity contribution is -0.118. The average Bonchev–Trinajstić information content (AvgIpc) is 2.52. The van der Waals surface area contributed by atoms with Gasteiger partial charge >= 0.3 is 0 Å². The van der Waals surface area contributed by atoms with E-state index in [-0.39, 0.29) is 5.91 Å². The SMILES string of the molecule is Cc1ccccc1CSCC(=O)NN=Cc1c(Cl)cccc1Cl. The first-order chi connectivity index (χ1) is 11.1. The maximum Gasteiger partial charge on any atom is 0.250 e. The van der Waals surface area contributed by atoms with Crippen LogP contribution in [0.3, 0.4) is 0 Å². The van der Waals surface area contributed by atoms with Crippen LogP contribution >= 0.6 is 35.0 Å². The number of amides is 1. The lowest BCUT2D eigenvalue weighted by atomic mass is 10.1. The minimum absolute atomic E-state index is 0.164. The Morgan fingerprint density at radius 3 is 2.57 bits per heavy atom. The molecule has 6 heteroatoms. The van der Waals surface area contributed by atoms with Crippen LogP contribution in [0.5, 0.6) is 0 Å². The lowest BCUT2D eigenvalue weighted by Gasteiger charge is -2.05. The van der Waals surface area contributed by atoms with Crippen molar-refractivity contribution in [3.8, 4) is 0 Å². The van der Waals surface area contributed by atoms with Crippen LogP contribution in [0.4, 0.5) is 0 Å². The van der Waals surface area contributed by atoms with Crippen molar-refractivity contribution in [1.29, 1.82) is 0 Å². The fourth-order valence-corrected chi connectivity index (χ4v) is 3.25. The molecule has 3 nitrogen and oxygen atoms in total. The molecule has 1 amide bonds. The Hall–Kier alpha value is -1.49. The number of hydrogen-bond acceptors (Lipinski definition) is 3. The van der Waals surface area contributed by atoms with Crippen molar-refractivity contribution in [3.63, 3.8) is 0 Å². The number of hydrazone groups is 1. The third-order valence-electron chi connectivity index (χ3n) is 3.13. The van der Waals surface area contributed by atoms with E-state index >= 15 is 0 Å². The zero-order valence-corrected chi connectivity index (χ0v) is 14.9. The summed E-state index contributed by atoms with van der Waals surface area (Å²) in [6, 6.07) is 13.3. The van der Waals surface area contributed by atoms with Crippen LogP contribution in [0.1, 0.15) is 16.7 Å². The predicted molar refractivity (Wildman–Crippen MR) is 99.5 cm³/mol. The van der Waals surface area contributed by atoms with E-state index in [9.17, 15) is 4.79 Å². The fourth-order valence-electron chi connectivity index (χ4n) is 1.86. The Labute approximate surface area is 150 Å². The van der Waals surface area contributed by atoms with Crippen LogP contribution in [-0.2, 0) is 10.5 Å². The Morgan fingerprint density at radius 2 is 1.87 bits per heavy atom. The summed E-state index contributed by atoms with van der Waals surface area (Å²) >= 11 is 13.6. The molecule has 0 aliphatic carbocycles. The molecular weight excluding hydrogens is 351 g/mol. The van der Waals surface area contributed by atoms with Gasteiger partial charge in [-0.2, -0.15) is 5.10 Å². The molecule has 23 heavy (non-hydrogen) atoms. The average molecular weight is 367 g/mol. The van der Waals surface area contributed by atoms with Gasteiger partial charge in [-0.3, -0.25) is 4.79 Å². The number of nitrogens with one attached hydrogen (secondary N) is 1. The first-order valence-corrected chi connectivity index (χ1v) is 8.87. The molecule has 2 aromatic rings. The number of nitrogens with zero attached hydrogens (tertiary/aromatic N) is 1. The van der Waals surface area contributed by atoms with Crippen molar-refractivity contribution in [2.45, 2.75) is 12.7 Å². The molecule has 0 radical (unpaired) electrons. The maximum absolute atomic E-state index is 11.8. The number of aryl methyl sites for hydroxylation is 1. The van der Waals surface area contributed by atoms with Gasteiger partial charge < -0.3 is 0 Å². The first kappa shape index (κ1) is 17.9. The second kappa shape index (κ2) is 8.96. The summed E-state index contributed by atoms with van der Waals surface area (Å²) in [6.07, 6.45) is 1.45. The molecule has 0 aliphatic rings. The summed E-state index contributed by atoms with van der Waals surface area (Å²) in [5, 5.41) is 4.88. The number of carbonyl (C=O) groups is 1. The fraction of sp³-hybridized carbons (Fsp3) is 0.176. The van der Waals surface area contributed by atoms with Gasteiger partial charge in [0.05, 0.1) is 22.0 Å². The van der Waals surface area contributed by atoms with Gasteiger partial charge in [-0.15, -0.1) is 11.8 Å². The quantitative estimate of drug-likeness (QED) is 0.595. The third-order valence-corrected chi connectivity index (χ3v) is 4.78. The summed E-state index contributed by atoms with van der Waals surface area (Å²) in [4.78, 5) is 11.8. The van der Waals surface area contributed by atoms with E-state index in [1.54, 1.807) is 30.0 Å². The minimum atomic E-state index is -0.164. The molecule has 0 aromatic heterocycles. The van der Waals surface area contributed by atoms with Gasteiger partial charge in [0.1, 0.15) is 0 Å². The van der Waals surface area contributed by atoms with Crippen LogP contribution in [0.2, 0.25) is 10.0 Å². The number of halogens is 2. The highest BCUT2D eigenvalue weighted by atomic mass is 35.5. The summed E-state index contributed by atoms with van der Waals surface area (Å²) < 4.78 is 0. The van der Waals surface area contributed by atoms with Gasteiger partial charge in [-0.25, -0.2) is 5.43 Å². The molecule has 0 heterocycles. The van der Waals surface area contributed by atoms with Crippen molar-refractivity contribution in [3.05, 3.63) is 69.2 Å². The van der Waals surface area contributed by atoms with Crippen LogP contribution < -0.4 is 5.43 Å². The van der Waals surface area contributed by atoms with E-state index in [0.717, 1.165) is 5.75 Å². The Morgan fingerprint density at radius 1 is 1.17 bits per heavy atom. The second-order valence-electron chi connectivity index (χ2n) is 4.85. The highest BCUT2D eigenvalue weighted by molar-refractivity contribution is 7.99. The van der Waals surface area contributed by atoms with Gasteiger partial charge in [0.15, 0.2) is 0 Å². The standard InChI is InChI=1S/C17H16Cl2N2OS/c1-12-5-2-3-6-13(12)10-23-11-17(22)21-20-9-14-15(18)7-4-8-16(14)19/h2-9H,10-11H2,1H3,(H,21,22). The summed E-state index contributed by atoms with van der Waals surface area (Å²) in [5.74, 6) is 0.963. The molecule has 0 fully saturated rings. The minimum Gasteiger partial charge on any atom is -0.272 e. The van der Waals surface area contributed by atoms with E-state index < -0.39 is 0 Å². The van der Waals surface area contributed by atoms with Gasteiger partial charge in [-0.1, -0.05) is 53.5 Å². The van der Waals surface area contributed by atoms with E-state index in [1.165, 1.54) is 17.3 Å². The topological polar surface area (TPSA) is 41.5 Å². The van der Waals surface area contributed by atoms with E-state index in [2.05, 4.69) is 29.6 Å². The molecule has 0 atom stereocenters. The van der Waals surface area contributed by atoms with Crippen molar-refractivity contribution in [2.24, 2.45) is 5.10 Å². The van der Waals surface area contributed by atoms with Crippen LogP contribution in [0.25, 0.3) is 0 Å². The number of carbonyl (C=O) groups excluding carboxylic acids is 1. The van der Waals surface area contributed by atoms with E-state index in [1.807, 2.05) is 12.1 Å².